The topological polar surface area (TPSA) is 66.8 Å². The Kier molecular flexibility index (Phi) is 9.31. The fourth-order valence-electron chi connectivity index (χ4n) is 2.84. The number of ether oxygens (including phenoxy) is 1. The van der Waals surface area contributed by atoms with Crippen LogP contribution in [0, 0.1) is 5.82 Å². The van der Waals surface area contributed by atoms with E-state index < -0.39 is 12.5 Å². The Hall–Kier alpha value is -3.41. The maximum absolute atomic E-state index is 13.1. The fraction of sp³-hybridized carbons (Fsp3) is 0.250. The van der Waals surface area contributed by atoms with Gasteiger partial charge in [0.2, 0.25) is 6.41 Å². The van der Waals surface area contributed by atoms with E-state index in [2.05, 4.69) is 6.58 Å². The predicted molar refractivity (Wildman–Crippen MR) is 116 cm³/mol. The number of aliphatic carboxylic acids is 1. The number of nitrogens with zero attached hydrogens (tertiary/aromatic N) is 1. The molecule has 0 saturated heterocycles. The van der Waals surface area contributed by atoms with Crippen molar-refractivity contribution in [3.63, 3.8) is 0 Å². The number of unbranched alkanes of at least 4 members (excludes halogenated alkanes) is 4. The SMILES string of the molecule is C=CCCCCC/C=C\c1cc(N(C=O)CC(=O)O)ccc1Oc1ccc(F)cc1. The Morgan fingerprint density at radius 1 is 1.10 bits per heavy atom. The summed E-state index contributed by atoms with van der Waals surface area (Å²) in [6.45, 7) is 3.28. The Labute approximate surface area is 176 Å². The summed E-state index contributed by atoms with van der Waals surface area (Å²) >= 11 is 0. The fourth-order valence-corrected chi connectivity index (χ4v) is 2.84. The molecule has 0 aromatic heterocycles. The van der Waals surface area contributed by atoms with Crippen LogP contribution in [0.15, 0.2) is 61.2 Å². The monoisotopic (exact) mass is 411 g/mol. The lowest BCUT2D eigenvalue weighted by molar-refractivity contribution is -0.136. The van der Waals surface area contributed by atoms with E-state index in [4.69, 9.17) is 9.84 Å². The van der Waals surface area contributed by atoms with Crippen molar-refractivity contribution in [3.8, 4) is 11.5 Å². The molecular formula is C24H26FNO4. The van der Waals surface area contributed by atoms with Crippen molar-refractivity contribution in [1.29, 1.82) is 0 Å². The Morgan fingerprint density at radius 2 is 1.83 bits per heavy atom. The second-order valence-electron chi connectivity index (χ2n) is 6.73. The molecule has 0 aliphatic carbocycles. The summed E-state index contributed by atoms with van der Waals surface area (Å²) in [6.07, 6.45) is 11.4. The molecule has 0 fully saturated rings. The third-order valence-electron chi connectivity index (χ3n) is 4.38. The molecule has 5 nitrogen and oxygen atoms in total. The third kappa shape index (κ3) is 7.54. The van der Waals surface area contributed by atoms with Crippen molar-refractivity contribution in [3.05, 3.63) is 72.6 Å². The van der Waals surface area contributed by atoms with E-state index in [1.807, 2.05) is 18.2 Å². The van der Waals surface area contributed by atoms with Gasteiger partial charge in [0, 0.05) is 11.3 Å². The molecule has 0 aliphatic rings. The van der Waals surface area contributed by atoms with Crippen molar-refractivity contribution in [2.24, 2.45) is 0 Å². The average molecular weight is 411 g/mol. The van der Waals surface area contributed by atoms with E-state index >= 15 is 0 Å². The minimum atomic E-state index is -1.11. The van der Waals surface area contributed by atoms with E-state index in [1.165, 1.54) is 24.3 Å². The van der Waals surface area contributed by atoms with Crippen molar-refractivity contribution in [1.82, 2.24) is 0 Å². The summed E-state index contributed by atoms with van der Waals surface area (Å²) in [5.74, 6) is -0.467. The number of halogens is 1. The van der Waals surface area contributed by atoms with Crippen LogP contribution in [0.1, 0.15) is 37.7 Å². The lowest BCUT2D eigenvalue weighted by Gasteiger charge is -2.17. The molecule has 0 bridgehead atoms. The number of carbonyl (C=O) groups excluding carboxylic acids is 1. The second-order valence-corrected chi connectivity index (χ2v) is 6.73. The zero-order chi connectivity index (χ0) is 21.8. The van der Waals surface area contributed by atoms with Crippen molar-refractivity contribution in [2.75, 3.05) is 11.4 Å². The van der Waals surface area contributed by atoms with Gasteiger partial charge in [0.05, 0.1) is 0 Å². The number of rotatable bonds is 13. The summed E-state index contributed by atoms with van der Waals surface area (Å²) in [5, 5.41) is 9.00. The largest absolute Gasteiger partial charge is 0.480 e. The first-order valence-corrected chi connectivity index (χ1v) is 9.82. The highest BCUT2D eigenvalue weighted by molar-refractivity contribution is 5.85. The number of allylic oxidation sites excluding steroid dienone is 2. The number of anilines is 1. The van der Waals surface area contributed by atoms with Gasteiger partial charge in [0.1, 0.15) is 23.9 Å². The van der Waals surface area contributed by atoms with E-state index in [0.717, 1.165) is 37.0 Å². The van der Waals surface area contributed by atoms with Gasteiger partial charge in [0.15, 0.2) is 0 Å². The first kappa shape index (κ1) is 22.9. The van der Waals surface area contributed by atoms with Gasteiger partial charge in [-0.25, -0.2) is 4.39 Å². The number of benzene rings is 2. The van der Waals surface area contributed by atoms with Gasteiger partial charge in [0.25, 0.3) is 0 Å². The molecule has 2 aromatic rings. The molecule has 0 spiro atoms. The summed E-state index contributed by atoms with van der Waals surface area (Å²) in [7, 11) is 0. The molecular weight excluding hydrogens is 385 g/mol. The zero-order valence-corrected chi connectivity index (χ0v) is 16.8. The standard InChI is InChI=1S/C24H26FNO4/c1-2-3-4-5-6-7-8-9-19-16-21(26(18-27)17-24(28)29)12-15-23(19)30-22-13-10-20(25)11-14-22/h2,8-16,18H,1,3-7,17H2,(H,28,29)/b9-8-. The van der Waals surface area contributed by atoms with Crippen LogP contribution in [0.3, 0.4) is 0 Å². The maximum atomic E-state index is 13.1. The lowest BCUT2D eigenvalue weighted by Crippen LogP contribution is -2.28. The molecule has 0 unspecified atom stereocenters. The molecule has 0 atom stereocenters. The smallest absolute Gasteiger partial charge is 0.323 e. The van der Waals surface area contributed by atoms with Crippen LogP contribution in [0.4, 0.5) is 10.1 Å². The van der Waals surface area contributed by atoms with E-state index in [1.54, 1.807) is 18.2 Å². The van der Waals surface area contributed by atoms with Crippen molar-refractivity contribution in [2.45, 2.75) is 32.1 Å². The van der Waals surface area contributed by atoms with Gasteiger partial charge in [-0.3, -0.25) is 9.59 Å². The number of carbonyl (C=O) groups is 2. The van der Waals surface area contributed by atoms with Crippen molar-refractivity contribution < 1.29 is 23.8 Å². The van der Waals surface area contributed by atoms with Crippen LogP contribution in [0.25, 0.3) is 6.08 Å². The molecule has 158 valence electrons. The molecule has 0 heterocycles. The number of amides is 1. The number of carboxylic acid groups (broad SMARTS) is 1. The van der Waals surface area contributed by atoms with Crippen molar-refractivity contribution >= 4 is 24.1 Å². The normalized spacial score (nSPS) is 10.7. The van der Waals surface area contributed by atoms with Gasteiger partial charge in [-0.2, -0.15) is 0 Å². The van der Waals surface area contributed by atoms with Gasteiger partial charge >= 0.3 is 5.97 Å². The van der Waals surface area contributed by atoms with Crippen LogP contribution >= 0.6 is 0 Å². The minimum absolute atomic E-state index is 0.357. The third-order valence-corrected chi connectivity index (χ3v) is 4.38. The average Bonchev–Trinajstić information content (AvgIpc) is 2.74. The molecule has 0 radical (unpaired) electrons. The highest BCUT2D eigenvalue weighted by Crippen LogP contribution is 2.30. The number of carboxylic acids is 1. The van der Waals surface area contributed by atoms with Crippen LogP contribution in [-0.4, -0.2) is 24.0 Å². The molecule has 2 rings (SSSR count). The molecule has 6 heteroatoms. The van der Waals surface area contributed by atoms with E-state index in [-0.39, 0.29) is 5.82 Å². The van der Waals surface area contributed by atoms with Gasteiger partial charge in [-0.1, -0.05) is 24.6 Å². The van der Waals surface area contributed by atoms with Gasteiger partial charge < -0.3 is 14.7 Å². The number of hydrogen-bond acceptors (Lipinski definition) is 3. The first-order valence-electron chi connectivity index (χ1n) is 9.82. The Morgan fingerprint density at radius 3 is 2.50 bits per heavy atom. The summed E-state index contributed by atoms with van der Waals surface area (Å²) in [4.78, 5) is 23.4. The highest BCUT2D eigenvalue weighted by atomic mass is 19.1. The molecule has 1 amide bonds. The maximum Gasteiger partial charge on any atom is 0.323 e. The van der Waals surface area contributed by atoms with Crippen LogP contribution < -0.4 is 9.64 Å². The first-order chi connectivity index (χ1) is 14.5. The summed E-state index contributed by atoms with van der Waals surface area (Å²) in [6, 6.07) is 10.7. The molecule has 30 heavy (non-hydrogen) atoms. The molecule has 0 aliphatic heterocycles. The van der Waals surface area contributed by atoms with Gasteiger partial charge in [-0.05, 0) is 68.1 Å². The molecule has 2 aromatic carbocycles. The summed E-state index contributed by atoms with van der Waals surface area (Å²) < 4.78 is 19.0. The van der Waals surface area contributed by atoms with Crippen LogP contribution in [0.5, 0.6) is 11.5 Å². The highest BCUT2D eigenvalue weighted by Gasteiger charge is 2.12. The molecule has 1 N–H and O–H groups in total. The van der Waals surface area contributed by atoms with E-state index in [0.29, 0.717) is 29.2 Å². The molecule has 0 saturated carbocycles. The van der Waals surface area contributed by atoms with Gasteiger partial charge in [-0.15, -0.1) is 6.58 Å². The Bertz CT molecular complexity index is 877. The minimum Gasteiger partial charge on any atom is -0.480 e. The number of hydrogen-bond donors (Lipinski definition) is 1. The Balaban J connectivity index is 2.21. The predicted octanol–water partition coefficient (Wildman–Crippen LogP) is 5.82. The van der Waals surface area contributed by atoms with Crippen LogP contribution in [-0.2, 0) is 9.59 Å². The zero-order valence-electron chi connectivity index (χ0n) is 16.8. The van der Waals surface area contributed by atoms with E-state index in [9.17, 15) is 14.0 Å². The van der Waals surface area contributed by atoms with Crippen LogP contribution in [0.2, 0.25) is 0 Å². The quantitative estimate of drug-likeness (QED) is 0.256. The lowest BCUT2D eigenvalue weighted by atomic mass is 10.1. The second kappa shape index (κ2) is 12.2. The summed E-state index contributed by atoms with van der Waals surface area (Å²) in [5.41, 5.74) is 1.14.